The molecule has 0 saturated heterocycles. The maximum atomic E-state index is 9.55. The number of aromatic nitrogens is 3. The zero-order valence-corrected chi connectivity index (χ0v) is 10.8. The van der Waals surface area contributed by atoms with Crippen molar-refractivity contribution in [1.29, 1.82) is 0 Å². The van der Waals surface area contributed by atoms with Gasteiger partial charge in [-0.1, -0.05) is 15.9 Å². The molecule has 6 nitrogen and oxygen atoms in total. The highest BCUT2D eigenvalue weighted by Crippen LogP contribution is 2.19. The number of hydrazone groups is 1. The fourth-order valence-corrected chi connectivity index (χ4v) is 1.64. The highest BCUT2D eigenvalue weighted by Gasteiger charge is 1.98. The lowest BCUT2D eigenvalue weighted by Crippen LogP contribution is -1.92. The fourth-order valence-electron chi connectivity index (χ4n) is 1.11. The molecule has 0 radical (unpaired) electrons. The van der Waals surface area contributed by atoms with Crippen molar-refractivity contribution in [3.05, 3.63) is 33.0 Å². The number of nitrogens with one attached hydrogen (secondary N) is 3. The lowest BCUT2D eigenvalue weighted by molar-refractivity contribution is 0.474. The van der Waals surface area contributed by atoms with Crippen LogP contribution in [0, 0.1) is 4.77 Å². The van der Waals surface area contributed by atoms with E-state index in [0.29, 0.717) is 16.3 Å². The molecule has 0 aliphatic rings. The van der Waals surface area contributed by atoms with Crippen molar-refractivity contribution in [3.8, 4) is 5.75 Å². The zero-order chi connectivity index (χ0) is 12.3. The van der Waals surface area contributed by atoms with Crippen LogP contribution in [0.3, 0.4) is 0 Å². The number of nitrogens with zero attached hydrogens (tertiary/aromatic N) is 2. The number of phenolic OH excluding ortho intramolecular Hbond substituents is 1. The second-order valence-corrected chi connectivity index (χ2v) is 4.39. The van der Waals surface area contributed by atoms with Crippen molar-refractivity contribution < 1.29 is 5.11 Å². The van der Waals surface area contributed by atoms with Gasteiger partial charge < -0.3 is 5.11 Å². The summed E-state index contributed by atoms with van der Waals surface area (Å²) in [5.41, 5.74) is 3.22. The van der Waals surface area contributed by atoms with Crippen LogP contribution in [0.15, 0.2) is 27.8 Å². The summed E-state index contributed by atoms with van der Waals surface area (Å²) in [5, 5.41) is 18.8. The van der Waals surface area contributed by atoms with E-state index in [-0.39, 0.29) is 5.75 Å². The first kappa shape index (κ1) is 11.8. The third kappa shape index (κ3) is 3.14. The molecule has 2 rings (SSSR count). The van der Waals surface area contributed by atoms with Gasteiger partial charge in [-0.3, -0.25) is 10.2 Å². The number of anilines is 1. The Morgan fingerprint density at radius 1 is 1.47 bits per heavy atom. The van der Waals surface area contributed by atoms with Gasteiger partial charge in [0.25, 0.3) is 0 Å². The monoisotopic (exact) mass is 313 g/mol. The number of benzene rings is 1. The number of hydrogen-bond donors (Lipinski definition) is 4. The molecule has 17 heavy (non-hydrogen) atoms. The van der Waals surface area contributed by atoms with Crippen molar-refractivity contribution in [2.45, 2.75) is 0 Å². The standard InChI is InChI=1S/C9H8BrN5OS/c10-6-1-2-7(16)5(3-6)4-11-13-8-12-9(17)15-14-8/h1-4,16H,(H3,12,13,14,15,17)/b11-4-. The largest absolute Gasteiger partial charge is 0.507 e. The van der Waals surface area contributed by atoms with Gasteiger partial charge in [0, 0.05) is 10.0 Å². The van der Waals surface area contributed by atoms with Crippen LogP contribution >= 0.6 is 28.1 Å². The number of aromatic amines is 2. The van der Waals surface area contributed by atoms with E-state index in [9.17, 15) is 5.11 Å². The van der Waals surface area contributed by atoms with E-state index in [1.807, 2.05) is 0 Å². The van der Waals surface area contributed by atoms with Gasteiger partial charge in [-0.25, -0.2) is 5.43 Å². The van der Waals surface area contributed by atoms with Gasteiger partial charge in [0.15, 0.2) is 0 Å². The van der Waals surface area contributed by atoms with E-state index < -0.39 is 0 Å². The Bertz CT molecular complexity index is 605. The Kier molecular flexibility index (Phi) is 3.55. The molecule has 0 unspecified atom stereocenters. The van der Waals surface area contributed by atoms with E-state index in [1.165, 1.54) is 6.21 Å². The lowest BCUT2D eigenvalue weighted by atomic mass is 10.2. The third-order valence-corrected chi connectivity index (χ3v) is 2.55. The van der Waals surface area contributed by atoms with Gasteiger partial charge >= 0.3 is 0 Å². The summed E-state index contributed by atoms with van der Waals surface area (Å²) in [6, 6.07) is 5.06. The number of halogens is 1. The normalized spacial score (nSPS) is 10.9. The Morgan fingerprint density at radius 2 is 2.29 bits per heavy atom. The molecule has 0 aliphatic carbocycles. The predicted molar refractivity (Wildman–Crippen MR) is 70.8 cm³/mol. The molecule has 0 aliphatic heterocycles. The van der Waals surface area contributed by atoms with Crippen molar-refractivity contribution in [3.63, 3.8) is 0 Å². The van der Waals surface area contributed by atoms with Crippen molar-refractivity contribution in [2.24, 2.45) is 5.10 Å². The minimum absolute atomic E-state index is 0.147. The van der Waals surface area contributed by atoms with Crippen LogP contribution in [0.2, 0.25) is 0 Å². The van der Waals surface area contributed by atoms with Gasteiger partial charge in [-0.2, -0.15) is 10.1 Å². The summed E-state index contributed by atoms with van der Waals surface area (Å²) in [7, 11) is 0. The van der Waals surface area contributed by atoms with Crippen LogP contribution in [0.25, 0.3) is 0 Å². The number of rotatable bonds is 3. The summed E-state index contributed by atoms with van der Waals surface area (Å²) in [4.78, 5) is 3.89. The Morgan fingerprint density at radius 3 is 3.00 bits per heavy atom. The summed E-state index contributed by atoms with van der Waals surface area (Å²) in [6.07, 6.45) is 1.48. The quantitative estimate of drug-likeness (QED) is 0.398. The molecule has 0 atom stereocenters. The summed E-state index contributed by atoms with van der Waals surface area (Å²) in [6.45, 7) is 0. The molecule has 4 N–H and O–H groups in total. The molecule has 1 aromatic carbocycles. The van der Waals surface area contributed by atoms with Crippen LogP contribution in [0.1, 0.15) is 5.56 Å². The number of phenols is 1. The summed E-state index contributed by atoms with van der Waals surface area (Å²) < 4.78 is 1.20. The molecule has 88 valence electrons. The van der Waals surface area contributed by atoms with E-state index in [1.54, 1.807) is 18.2 Å². The van der Waals surface area contributed by atoms with Crippen molar-refractivity contribution in [1.82, 2.24) is 15.2 Å². The first-order chi connectivity index (χ1) is 8.15. The molecule has 0 bridgehead atoms. The minimum Gasteiger partial charge on any atom is -0.507 e. The van der Waals surface area contributed by atoms with Crippen LogP contribution in [0.4, 0.5) is 5.95 Å². The molecule has 0 saturated carbocycles. The van der Waals surface area contributed by atoms with Gasteiger partial charge in [0.2, 0.25) is 10.7 Å². The highest BCUT2D eigenvalue weighted by molar-refractivity contribution is 9.10. The second-order valence-electron chi connectivity index (χ2n) is 3.09. The smallest absolute Gasteiger partial charge is 0.238 e. The predicted octanol–water partition coefficient (Wildman–Crippen LogP) is 2.38. The van der Waals surface area contributed by atoms with Crippen LogP contribution in [0.5, 0.6) is 5.75 Å². The first-order valence-corrected chi connectivity index (χ1v) is 5.77. The molecular formula is C9H8BrN5OS. The topological polar surface area (TPSA) is 89.1 Å². The van der Waals surface area contributed by atoms with Crippen LogP contribution < -0.4 is 5.43 Å². The maximum Gasteiger partial charge on any atom is 0.238 e. The summed E-state index contributed by atoms with van der Waals surface area (Å²) >= 11 is 8.08. The molecular weight excluding hydrogens is 306 g/mol. The van der Waals surface area contributed by atoms with Gasteiger partial charge in [0.05, 0.1) is 6.21 Å². The minimum atomic E-state index is 0.147. The fraction of sp³-hybridized carbons (Fsp3) is 0. The molecule has 0 amide bonds. The van der Waals surface area contributed by atoms with Gasteiger partial charge in [0.1, 0.15) is 5.75 Å². The molecule has 0 spiro atoms. The number of H-pyrrole nitrogens is 2. The molecule has 8 heteroatoms. The zero-order valence-electron chi connectivity index (χ0n) is 8.44. The average Bonchev–Trinajstić information content (AvgIpc) is 2.69. The molecule has 0 fully saturated rings. The van der Waals surface area contributed by atoms with Gasteiger partial charge in [-0.15, -0.1) is 0 Å². The van der Waals surface area contributed by atoms with E-state index in [2.05, 4.69) is 41.6 Å². The Hall–Kier alpha value is -1.67. The maximum absolute atomic E-state index is 9.55. The van der Waals surface area contributed by atoms with Crippen molar-refractivity contribution in [2.75, 3.05) is 5.43 Å². The first-order valence-electron chi connectivity index (χ1n) is 4.57. The Balaban J connectivity index is 2.10. The Labute approximate surface area is 110 Å². The lowest BCUT2D eigenvalue weighted by Gasteiger charge is -1.99. The van der Waals surface area contributed by atoms with Gasteiger partial charge in [-0.05, 0) is 30.4 Å². The van der Waals surface area contributed by atoms with Crippen LogP contribution in [-0.2, 0) is 0 Å². The molecule has 1 heterocycles. The average molecular weight is 314 g/mol. The van der Waals surface area contributed by atoms with Crippen molar-refractivity contribution >= 4 is 40.3 Å². The third-order valence-electron chi connectivity index (χ3n) is 1.86. The van der Waals surface area contributed by atoms with E-state index in [4.69, 9.17) is 12.2 Å². The number of aromatic hydroxyl groups is 1. The second kappa shape index (κ2) is 5.11. The van der Waals surface area contributed by atoms with E-state index >= 15 is 0 Å². The summed E-state index contributed by atoms with van der Waals surface area (Å²) in [5.74, 6) is 0.550. The number of hydrogen-bond acceptors (Lipinski definition) is 5. The van der Waals surface area contributed by atoms with E-state index in [0.717, 1.165) is 4.47 Å². The molecule has 1 aromatic heterocycles. The molecule has 2 aromatic rings. The van der Waals surface area contributed by atoms with Crippen LogP contribution in [-0.4, -0.2) is 26.5 Å². The SMILES string of the molecule is Oc1ccc(Br)cc1/C=N\Nc1nc(=S)[nH][nH]1. The highest BCUT2D eigenvalue weighted by atomic mass is 79.9.